The van der Waals surface area contributed by atoms with Crippen molar-refractivity contribution in [3.05, 3.63) is 34.3 Å². The number of piperidine rings is 1. The maximum atomic E-state index is 5.86. The minimum absolute atomic E-state index is 0.381. The lowest BCUT2D eigenvalue weighted by atomic mass is 9.93. The Morgan fingerprint density at radius 1 is 1.08 bits per heavy atom. The molecule has 2 fully saturated rings. The van der Waals surface area contributed by atoms with Crippen molar-refractivity contribution < 1.29 is 4.74 Å². The van der Waals surface area contributed by atoms with Gasteiger partial charge < -0.3 is 4.74 Å². The number of morpholine rings is 1. The van der Waals surface area contributed by atoms with Crippen molar-refractivity contribution in [1.82, 2.24) is 9.80 Å². The minimum atomic E-state index is 0.381. The van der Waals surface area contributed by atoms with Crippen molar-refractivity contribution in [2.45, 2.75) is 51.9 Å². The van der Waals surface area contributed by atoms with Crippen molar-refractivity contribution in [2.75, 3.05) is 32.7 Å². The molecule has 0 N–H and O–H groups in total. The number of rotatable bonds is 4. The highest BCUT2D eigenvalue weighted by Gasteiger charge is 2.28. The van der Waals surface area contributed by atoms with Crippen LogP contribution >= 0.6 is 15.9 Å². The van der Waals surface area contributed by atoms with Crippen LogP contribution in [-0.2, 0) is 4.74 Å². The van der Waals surface area contributed by atoms with Crippen LogP contribution in [0.5, 0.6) is 0 Å². The van der Waals surface area contributed by atoms with E-state index in [0.717, 1.165) is 23.5 Å². The van der Waals surface area contributed by atoms with Crippen LogP contribution in [0, 0.1) is 5.92 Å². The van der Waals surface area contributed by atoms with Crippen molar-refractivity contribution in [2.24, 2.45) is 5.92 Å². The number of halogens is 1. The molecular formula is C20H31BrN2O. The Kier molecular flexibility index (Phi) is 6.36. The van der Waals surface area contributed by atoms with Crippen LogP contribution in [0.3, 0.4) is 0 Å². The zero-order chi connectivity index (χ0) is 17.1. The highest BCUT2D eigenvalue weighted by atomic mass is 79.9. The van der Waals surface area contributed by atoms with E-state index in [-0.39, 0.29) is 0 Å². The number of hydrogen-bond donors (Lipinski definition) is 0. The number of likely N-dealkylation sites (tertiary alicyclic amines) is 1. The average Bonchev–Trinajstić information content (AvgIpc) is 2.55. The molecule has 1 aromatic rings. The van der Waals surface area contributed by atoms with Gasteiger partial charge in [0.15, 0.2) is 0 Å². The van der Waals surface area contributed by atoms with Gasteiger partial charge in [0.2, 0.25) is 0 Å². The van der Waals surface area contributed by atoms with E-state index in [1.165, 1.54) is 38.0 Å². The first-order valence-corrected chi connectivity index (χ1v) is 10.2. The van der Waals surface area contributed by atoms with E-state index < -0.39 is 0 Å². The first kappa shape index (κ1) is 18.4. The quantitative estimate of drug-likeness (QED) is 0.755. The summed E-state index contributed by atoms with van der Waals surface area (Å²) in [6, 6.07) is 9.32. The predicted octanol–water partition coefficient (Wildman–Crippen LogP) is 4.33. The van der Waals surface area contributed by atoms with E-state index in [1.807, 2.05) is 0 Å². The van der Waals surface area contributed by atoms with Crippen LogP contribution in [0.15, 0.2) is 28.7 Å². The Labute approximate surface area is 155 Å². The number of benzene rings is 1. The third-order valence-electron chi connectivity index (χ3n) is 5.56. The van der Waals surface area contributed by atoms with Gasteiger partial charge in [0, 0.05) is 30.1 Å². The fraction of sp³-hybridized carbons (Fsp3) is 0.700. The highest BCUT2D eigenvalue weighted by molar-refractivity contribution is 9.10. The summed E-state index contributed by atoms with van der Waals surface area (Å²) in [5.74, 6) is 0.843. The largest absolute Gasteiger partial charge is 0.373 e. The van der Waals surface area contributed by atoms with Crippen molar-refractivity contribution in [3.8, 4) is 0 Å². The second-order valence-electron chi connectivity index (χ2n) is 7.68. The molecule has 1 aromatic carbocycles. The number of hydrogen-bond acceptors (Lipinski definition) is 3. The van der Waals surface area contributed by atoms with Crippen molar-refractivity contribution in [1.29, 1.82) is 0 Å². The topological polar surface area (TPSA) is 15.7 Å². The molecule has 3 nitrogen and oxygen atoms in total. The van der Waals surface area contributed by atoms with E-state index in [1.54, 1.807) is 0 Å². The number of nitrogens with zero attached hydrogens (tertiary/aromatic N) is 2. The molecule has 4 heteroatoms. The fourth-order valence-electron chi connectivity index (χ4n) is 4.27. The van der Waals surface area contributed by atoms with E-state index in [2.05, 4.69) is 70.8 Å². The first-order valence-electron chi connectivity index (χ1n) is 9.38. The molecule has 0 saturated carbocycles. The molecular weight excluding hydrogens is 364 g/mol. The summed E-state index contributed by atoms with van der Waals surface area (Å²) in [5.41, 5.74) is 1.42. The normalized spacial score (nSPS) is 28.8. The van der Waals surface area contributed by atoms with Gasteiger partial charge in [-0.2, -0.15) is 0 Å². The van der Waals surface area contributed by atoms with Crippen LogP contribution in [0.25, 0.3) is 0 Å². The molecule has 3 unspecified atom stereocenters. The zero-order valence-electron chi connectivity index (χ0n) is 15.2. The summed E-state index contributed by atoms with van der Waals surface area (Å²) < 4.78 is 7.02. The first-order chi connectivity index (χ1) is 11.5. The highest BCUT2D eigenvalue weighted by Crippen LogP contribution is 2.28. The van der Waals surface area contributed by atoms with Gasteiger partial charge in [0.1, 0.15) is 0 Å². The lowest BCUT2D eigenvalue weighted by Crippen LogP contribution is -2.48. The summed E-state index contributed by atoms with van der Waals surface area (Å²) in [6.07, 6.45) is 3.40. The molecule has 0 bridgehead atoms. The molecule has 0 radical (unpaired) electrons. The molecule has 3 rings (SSSR count). The van der Waals surface area contributed by atoms with E-state index in [9.17, 15) is 0 Å². The summed E-state index contributed by atoms with van der Waals surface area (Å²) in [7, 11) is 0. The average molecular weight is 395 g/mol. The van der Waals surface area contributed by atoms with Crippen LogP contribution in [-0.4, -0.2) is 54.7 Å². The fourth-order valence-corrected chi connectivity index (χ4v) is 4.54. The molecule has 2 heterocycles. The molecule has 2 aliphatic heterocycles. The van der Waals surface area contributed by atoms with E-state index in [4.69, 9.17) is 4.74 Å². The van der Waals surface area contributed by atoms with Crippen LogP contribution in [0.4, 0.5) is 0 Å². The summed E-state index contributed by atoms with van der Waals surface area (Å²) in [6.45, 7) is 12.6. The maximum absolute atomic E-state index is 5.86. The Morgan fingerprint density at radius 3 is 2.25 bits per heavy atom. The lowest BCUT2D eigenvalue weighted by Gasteiger charge is -2.40. The van der Waals surface area contributed by atoms with Crippen molar-refractivity contribution in [3.63, 3.8) is 0 Å². The molecule has 0 aliphatic carbocycles. The third kappa shape index (κ3) is 4.81. The van der Waals surface area contributed by atoms with Crippen LogP contribution in [0.1, 0.15) is 45.2 Å². The monoisotopic (exact) mass is 394 g/mol. The second kappa shape index (κ2) is 8.31. The molecule has 0 aromatic heterocycles. The molecule has 2 aliphatic rings. The Morgan fingerprint density at radius 2 is 1.67 bits per heavy atom. The predicted molar refractivity (Wildman–Crippen MR) is 103 cm³/mol. The van der Waals surface area contributed by atoms with Gasteiger partial charge in [-0.25, -0.2) is 0 Å². The van der Waals surface area contributed by atoms with Gasteiger partial charge in [0.25, 0.3) is 0 Å². The third-order valence-corrected chi connectivity index (χ3v) is 6.09. The Balaban J connectivity index is 1.47. The summed E-state index contributed by atoms with van der Waals surface area (Å²) in [5, 5.41) is 0. The molecule has 2 saturated heterocycles. The Hall–Kier alpha value is -0.420. The second-order valence-corrected chi connectivity index (χ2v) is 8.60. The molecule has 0 spiro atoms. The Bertz CT molecular complexity index is 503. The van der Waals surface area contributed by atoms with Gasteiger partial charge in [-0.15, -0.1) is 0 Å². The maximum Gasteiger partial charge on any atom is 0.0678 e. The van der Waals surface area contributed by atoms with E-state index >= 15 is 0 Å². The molecule has 0 amide bonds. The van der Waals surface area contributed by atoms with E-state index in [0.29, 0.717) is 18.2 Å². The smallest absolute Gasteiger partial charge is 0.0678 e. The summed E-state index contributed by atoms with van der Waals surface area (Å²) in [4.78, 5) is 5.27. The van der Waals surface area contributed by atoms with Gasteiger partial charge in [0.05, 0.1) is 12.2 Å². The lowest BCUT2D eigenvalue weighted by molar-refractivity contribution is -0.0734. The molecule has 24 heavy (non-hydrogen) atoms. The van der Waals surface area contributed by atoms with Crippen molar-refractivity contribution >= 4 is 15.9 Å². The molecule has 3 atom stereocenters. The van der Waals surface area contributed by atoms with Gasteiger partial charge in [-0.1, -0.05) is 28.1 Å². The van der Waals surface area contributed by atoms with Gasteiger partial charge >= 0.3 is 0 Å². The molecule has 134 valence electrons. The van der Waals surface area contributed by atoms with Gasteiger partial charge in [-0.05, 0) is 70.3 Å². The zero-order valence-corrected chi connectivity index (χ0v) is 16.8. The van der Waals surface area contributed by atoms with Gasteiger partial charge in [-0.3, -0.25) is 9.80 Å². The minimum Gasteiger partial charge on any atom is -0.373 e. The number of ether oxygens (including phenoxy) is 1. The SMILES string of the molecule is CC1CN(CC2CCN(C(C)c3ccc(Br)cc3)CC2)CC(C)O1. The van der Waals surface area contributed by atoms with Crippen LogP contribution in [0.2, 0.25) is 0 Å². The standard InChI is InChI=1S/C20H31BrN2O/c1-15-12-22(13-16(2)24-15)14-18-8-10-23(11-9-18)17(3)19-4-6-20(21)7-5-19/h4-7,15-18H,8-14H2,1-3H3. The van der Waals surface area contributed by atoms with Crippen LogP contribution < -0.4 is 0 Å². The summed E-state index contributed by atoms with van der Waals surface area (Å²) >= 11 is 3.53.